The number of ether oxygens (including phenoxy) is 6. The van der Waals surface area contributed by atoms with Crippen LogP contribution in [-0.4, -0.2) is 234 Å². The van der Waals surface area contributed by atoms with Crippen molar-refractivity contribution in [2.45, 2.75) is 212 Å². The first kappa shape index (κ1) is 83.9. The molecule has 98 heavy (non-hydrogen) atoms. The number of unbranched alkanes of at least 4 members (excludes halogenated alkanes) is 10. The molecule has 28 nitrogen and oxygen atoms in total. The van der Waals surface area contributed by atoms with Gasteiger partial charge in [0.2, 0.25) is 11.8 Å². The van der Waals surface area contributed by atoms with Crippen LogP contribution in [0.5, 0.6) is 0 Å². The Morgan fingerprint density at radius 2 is 0.765 bits per heavy atom. The lowest BCUT2D eigenvalue weighted by Gasteiger charge is -2.17. The van der Waals surface area contributed by atoms with Gasteiger partial charge in [0.15, 0.2) is 27.8 Å². The van der Waals surface area contributed by atoms with E-state index in [0.717, 1.165) is 75.7 Å². The Hall–Kier alpha value is -4.71. The SMILES string of the molecule is NCC(C(=O)NCC(C(=O)NCCCCCCCC(=O)c1cc(C(=O)CCCCOCCOCCOCCCCC(=O)CCCCC2SCC3NC(=O)NC32)cc(C(=O)CCCCOCCOCCOCCCCC(=O)CCCCC2SCC3NC(=O)NC32)c1)S(=O)(=O)O)S(=O)(=O)O. The molecule has 1 aromatic carbocycles. The summed E-state index contributed by atoms with van der Waals surface area (Å²) >= 11 is 3.78. The summed E-state index contributed by atoms with van der Waals surface area (Å²) in [5.41, 5.74) is 5.99. The highest BCUT2D eigenvalue weighted by molar-refractivity contribution is 8.00. The van der Waals surface area contributed by atoms with Crippen molar-refractivity contribution in [3.8, 4) is 0 Å². The number of thioether (sulfide) groups is 2. The van der Waals surface area contributed by atoms with E-state index in [1.54, 1.807) is 6.07 Å². The van der Waals surface area contributed by atoms with Gasteiger partial charge in [0.25, 0.3) is 20.2 Å². The third kappa shape index (κ3) is 33.4. The Morgan fingerprint density at radius 1 is 0.439 bits per heavy atom. The van der Waals surface area contributed by atoms with E-state index in [1.165, 1.54) is 12.1 Å². The van der Waals surface area contributed by atoms with E-state index < -0.39 is 55.6 Å². The van der Waals surface area contributed by atoms with Crippen LogP contribution in [0.15, 0.2) is 18.2 Å². The van der Waals surface area contributed by atoms with Crippen LogP contribution in [0.25, 0.3) is 0 Å². The van der Waals surface area contributed by atoms with E-state index >= 15 is 0 Å². The summed E-state index contributed by atoms with van der Waals surface area (Å²) in [6.07, 6.45) is 16.3. The summed E-state index contributed by atoms with van der Waals surface area (Å²) in [5.74, 6) is -0.782. The largest absolute Gasteiger partial charge is 0.379 e. The molecule has 0 aromatic heterocycles. The van der Waals surface area contributed by atoms with E-state index in [-0.39, 0.29) is 108 Å². The number of fused-ring (bicyclic) bond motifs is 2. The molecule has 0 aliphatic carbocycles. The molecule has 10 N–H and O–H groups in total. The molecule has 4 aliphatic heterocycles. The smallest absolute Gasteiger partial charge is 0.315 e. The molecule has 4 fully saturated rings. The predicted octanol–water partition coefficient (Wildman–Crippen LogP) is 5.65. The molecule has 0 bridgehead atoms. The maximum absolute atomic E-state index is 13.6. The number of hydrogen-bond donors (Lipinski definition) is 9. The number of urea groups is 2. The van der Waals surface area contributed by atoms with Crippen LogP contribution < -0.4 is 37.6 Å². The van der Waals surface area contributed by atoms with Gasteiger partial charge in [-0.05, 0) is 108 Å². The van der Waals surface area contributed by atoms with E-state index in [0.29, 0.717) is 173 Å². The van der Waals surface area contributed by atoms with Crippen molar-refractivity contribution in [1.29, 1.82) is 0 Å². The Bertz CT molecular complexity index is 2780. The molecular weight excluding hydrogens is 1360 g/mol. The normalized spacial score (nSPS) is 19.4. The number of nitrogens with two attached hydrogens (primary N) is 1. The maximum Gasteiger partial charge on any atom is 0.315 e. The Kier molecular flexibility index (Phi) is 40.7. The third-order valence-corrected chi connectivity index (χ3v) is 22.6. The topological polar surface area (TPSA) is 416 Å². The minimum absolute atomic E-state index is 0.00866. The number of Topliss-reactive ketones (excluding diaryl/α,β-unsaturated/α-hetero) is 5. The third-order valence-electron chi connectivity index (χ3n) is 17.4. The van der Waals surface area contributed by atoms with Crippen LogP contribution in [-0.2, 0) is 67.8 Å². The molecule has 5 rings (SSSR count). The van der Waals surface area contributed by atoms with Gasteiger partial charge < -0.3 is 66.1 Å². The van der Waals surface area contributed by atoms with Crippen molar-refractivity contribution in [2.24, 2.45) is 5.73 Å². The number of carbonyl (C=O) groups excluding carboxylic acids is 9. The quantitative estimate of drug-likeness (QED) is 0.0165. The van der Waals surface area contributed by atoms with Crippen LogP contribution in [0.1, 0.15) is 198 Å². The van der Waals surface area contributed by atoms with Crippen LogP contribution in [0.3, 0.4) is 0 Å². The van der Waals surface area contributed by atoms with Crippen LogP contribution in [0.4, 0.5) is 9.59 Å². The van der Waals surface area contributed by atoms with Crippen molar-refractivity contribution in [3.63, 3.8) is 0 Å². The van der Waals surface area contributed by atoms with Crippen molar-refractivity contribution in [1.82, 2.24) is 31.9 Å². The standard InChI is InChI=1S/C66H107N7O21S4/c67-43-59(97(83,84)85)63(79)69-44-60(98(86,87)88)64(80)68-27-13-3-1-2-4-22-54(76)47-40-48(55(77)23-11-16-30-91-34-38-93-36-32-89-28-14-9-20-50(74)18-5-7-25-57-61-52(45-95-57)70-65(81)72-61)42-49(41-47)56(78)24-12-17-31-92-35-39-94-37-33-90-29-15-10-21-51(75)19-6-8-26-58-62-53(46-96-58)71-66(82)73-62/h40-42,52-53,57-62H,1-39,43-46,67H2,(H,68,80)(H,69,79)(H2,70,72,81)(H2,71,73,82)(H,83,84,85)(H,86,87,88). The Labute approximate surface area is 586 Å². The molecule has 8 unspecified atom stereocenters. The van der Waals surface area contributed by atoms with Gasteiger partial charge >= 0.3 is 12.1 Å². The zero-order chi connectivity index (χ0) is 71.0. The van der Waals surface area contributed by atoms with Crippen molar-refractivity contribution in [2.75, 3.05) is 110 Å². The summed E-state index contributed by atoms with van der Waals surface area (Å²) in [7, 11) is -9.98. The fourth-order valence-electron chi connectivity index (χ4n) is 11.8. The predicted molar refractivity (Wildman–Crippen MR) is 371 cm³/mol. The minimum atomic E-state index is -5.05. The van der Waals surface area contributed by atoms with Crippen molar-refractivity contribution < 1.29 is 97.5 Å². The molecule has 4 saturated heterocycles. The van der Waals surface area contributed by atoms with Crippen LogP contribution in [0.2, 0.25) is 0 Å². The summed E-state index contributed by atoms with van der Waals surface area (Å²) < 4.78 is 99.5. The van der Waals surface area contributed by atoms with Gasteiger partial charge in [-0.15, -0.1) is 0 Å². The Balaban J connectivity index is 0.918. The average Bonchev–Trinajstić information content (AvgIpc) is 1.64. The van der Waals surface area contributed by atoms with E-state index in [2.05, 4.69) is 26.6 Å². The molecule has 0 spiro atoms. The van der Waals surface area contributed by atoms with E-state index in [9.17, 15) is 69.1 Å². The highest BCUT2D eigenvalue weighted by Crippen LogP contribution is 2.34. The second-order valence-electron chi connectivity index (χ2n) is 25.2. The van der Waals surface area contributed by atoms with E-state index in [4.69, 9.17) is 34.2 Å². The minimum Gasteiger partial charge on any atom is -0.379 e. The highest BCUT2D eigenvalue weighted by Gasteiger charge is 2.44. The molecule has 4 aliphatic rings. The molecule has 4 heterocycles. The van der Waals surface area contributed by atoms with E-state index in [1.807, 2.05) is 28.8 Å². The van der Waals surface area contributed by atoms with Gasteiger partial charge in [0, 0.05) is 130 Å². The number of hydrogen-bond acceptors (Lipinski definition) is 22. The first-order valence-corrected chi connectivity index (χ1v) is 40.0. The lowest BCUT2D eigenvalue weighted by Crippen LogP contribution is -2.51. The molecule has 8 atom stereocenters. The summed E-state index contributed by atoms with van der Waals surface area (Å²) in [6.45, 7) is 3.22. The molecule has 1 aromatic rings. The van der Waals surface area contributed by atoms with Gasteiger partial charge in [-0.1, -0.05) is 32.1 Å². The number of rotatable bonds is 60. The van der Waals surface area contributed by atoms with Crippen LogP contribution in [0, 0.1) is 0 Å². The molecular formula is C66H107N7O21S4. The van der Waals surface area contributed by atoms with Gasteiger partial charge in [0.05, 0.1) is 77.0 Å². The maximum atomic E-state index is 13.6. The zero-order valence-electron chi connectivity index (χ0n) is 56.6. The van der Waals surface area contributed by atoms with Gasteiger partial charge in [-0.25, -0.2) is 9.59 Å². The number of ketones is 5. The average molecular weight is 1460 g/mol. The van der Waals surface area contributed by atoms with Gasteiger partial charge in [-0.2, -0.15) is 40.4 Å². The zero-order valence-corrected chi connectivity index (χ0v) is 59.9. The second-order valence-corrected chi connectivity index (χ2v) is 30.9. The number of nitrogens with one attached hydrogen (secondary N) is 6. The molecule has 0 radical (unpaired) electrons. The van der Waals surface area contributed by atoms with Crippen molar-refractivity contribution >= 4 is 96.6 Å². The summed E-state index contributed by atoms with van der Waals surface area (Å²) in [6, 6.07) is 5.26. The van der Waals surface area contributed by atoms with Gasteiger partial charge in [-0.3, -0.25) is 42.7 Å². The first-order chi connectivity index (χ1) is 47.1. The molecule has 6 amide bonds. The molecule has 0 saturated carbocycles. The number of amides is 6. The van der Waals surface area contributed by atoms with Crippen molar-refractivity contribution in [3.05, 3.63) is 34.9 Å². The lowest BCUT2D eigenvalue weighted by atomic mass is 9.94. The second kappa shape index (κ2) is 47.5. The fourth-order valence-corrected chi connectivity index (χ4v) is 16.1. The first-order valence-electron chi connectivity index (χ1n) is 34.9. The summed E-state index contributed by atoms with van der Waals surface area (Å²) in [5, 5.41) is 12.7. The monoisotopic (exact) mass is 1460 g/mol. The number of benzene rings is 1. The molecule has 556 valence electrons. The van der Waals surface area contributed by atoms with Crippen LogP contribution >= 0.6 is 23.5 Å². The summed E-state index contributed by atoms with van der Waals surface area (Å²) in [4.78, 5) is 114. The highest BCUT2D eigenvalue weighted by atomic mass is 32.2. The number of carbonyl (C=O) groups is 9. The fraction of sp³-hybridized carbons (Fsp3) is 0.773. The Morgan fingerprint density at radius 3 is 1.14 bits per heavy atom. The molecule has 32 heteroatoms. The lowest BCUT2D eigenvalue weighted by molar-refractivity contribution is -0.122. The van der Waals surface area contributed by atoms with Gasteiger partial charge in [0.1, 0.15) is 11.6 Å².